The highest BCUT2D eigenvalue weighted by Crippen LogP contribution is 2.50. The van der Waals surface area contributed by atoms with Crippen molar-refractivity contribution >= 4 is 5.97 Å². The zero-order valence-electron chi connectivity index (χ0n) is 11.8. The van der Waals surface area contributed by atoms with E-state index in [0.717, 1.165) is 6.42 Å². The van der Waals surface area contributed by atoms with Gasteiger partial charge < -0.3 is 5.11 Å². The maximum absolute atomic E-state index is 12.4. The van der Waals surface area contributed by atoms with Crippen LogP contribution in [0.25, 0.3) is 0 Å². The lowest BCUT2D eigenvalue weighted by Gasteiger charge is -2.50. The number of nitrogens with one attached hydrogen (secondary N) is 1. The number of carbonyl (C=O) groups is 1. The monoisotopic (exact) mass is 281 g/mol. The Labute approximate surface area is 111 Å². The van der Waals surface area contributed by atoms with E-state index in [1.54, 1.807) is 0 Å². The molecule has 0 atom stereocenters. The van der Waals surface area contributed by atoms with Crippen molar-refractivity contribution in [3.63, 3.8) is 0 Å². The minimum absolute atomic E-state index is 0.203. The molecule has 0 bridgehead atoms. The van der Waals surface area contributed by atoms with Crippen molar-refractivity contribution in [3.05, 3.63) is 0 Å². The van der Waals surface area contributed by atoms with E-state index in [2.05, 4.69) is 5.32 Å². The van der Waals surface area contributed by atoms with Gasteiger partial charge in [0.1, 0.15) is 5.54 Å². The number of carboxylic acids is 1. The van der Waals surface area contributed by atoms with Gasteiger partial charge in [0.2, 0.25) is 0 Å². The van der Waals surface area contributed by atoms with Crippen LogP contribution >= 0.6 is 0 Å². The first-order valence-electron chi connectivity index (χ1n) is 6.32. The standard InChI is InChI=1S/C13H22F3NO2/c1-10(2)5-11(3,4)7-12(6-10,9(18)19)17-8-13(14,15)16/h17H,5-8H2,1-4H3,(H,18,19). The molecule has 1 fully saturated rings. The van der Waals surface area contributed by atoms with Gasteiger partial charge in [-0.15, -0.1) is 0 Å². The summed E-state index contributed by atoms with van der Waals surface area (Å²) < 4.78 is 37.1. The number of carboxylic acid groups (broad SMARTS) is 1. The molecule has 0 aromatic carbocycles. The van der Waals surface area contributed by atoms with Crippen molar-refractivity contribution in [1.82, 2.24) is 5.32 Å². The Bertz CT molecular complexity index is 345. The minimum atomic E-state index is -4.41. The number of halogens is 3. The van der Waals surface area contributed by atoms with Gasteiger partial charge in [0, 0.05) is 0 Å². The highest BCUT2D eigenvalue weighted by atomic mass is 19.4. The van der Waals surface area contributed by atoms with Crippen molar-refractivity contribution in [2.75, 3.05) is 6.54 Å². The highest BCUT2D eigenvalue weighted by molar-refractivity contribution is 5.79. The van der Waals surface area contributed by atoms with Crippen LogP contribution < -0.4 is 5.32 Å². The summed E-state index contributed by atoms with van der Waals surface area (Å²) in [5.41, 5.74) is -2.11. The number of hydrogen-bond acceptors (Lipinski definition) is 2. The second kappa shape index (κ2) is 4.65. The van der Waals surface area contributed by atoms with E-state index in [1.165, 1.54) is 0 Å². The molecule has 3 nitrogen and oxygen atoms in total. The molecule has 1 saturated carbocycles. The first-order chi connectivity index (χ1) is 8.27. The van der Waals surface area contributed by atoms with Crippen LogP contribution in [0.4, 0.5) is 13.2 Å². The van der Waals surface area contributed by atoms with Crippen LogP contribution in [0.15, 0.2) is 0 Å². The van der Waals surface area contributed by atoms with Gasteiger partial charge in [-0.05, 0) is 30.1 Å². The fraction of sp³-hybridized carbons (Fsp3) is 0.923. The Morgan fingerprint density at radius 1 is 1.11 bits per heavy atom. The van der Waals surface area contributed by atoms with Crippen LogP contribution in [0.5, 0.6) is 0 Å². The molecular weight excluding hydrogens is 259 g/mol. The zero-order valence-corrected chi connectivity index (χ0v) is 11.8. The quantitative estimate of drug-likeness (QED) is 0.835. The molecule has 0 aromatic rings. The van der Waals surface area contributed by atoms with Gasteiger partial charge in [-0.2, -0.15) is 13.2 Å². The number of rotatable bonds is 3. The fourth-order valence-electron chi connectivity index (χ4n) is 3.74. The highest BCUT2D eigenvalue weighted by Gasteiger charge is 2.52. The largest absolute Gasteiger partial charge is 0.480 e. The maximum atomic E-state index is 12.4. The van der Waals surface area contributed by atoms with E-state index >= 15 is 0 Å². The Morgan fingerprint density at radius 2 is 1.53 bits per heavy atom. The normalized spacial score (nSPS) is 25.0. The molecule has 0 saturated heterocycles. The molecule has 0 amide bonds. The predicted octanol–water partition coefficient (Wildman–Crippen LogP) is 3.20. The lowest BCUT2D eigenvalue weighted by Crippen LogP contribution is -2.61. The molecule has 0 unspecified atom stereocenters. The van der Waals surface area contributed by atoms with E-state index in [4.69, 9.17) is 0 Å². The topological polar surface area (TPSA) is 49.3 Å². The van der Waals surface area contributed by atoms with E-state index in [0.29, 0.717) is 0 Å². The van der Waals surface area contributed by atoms with Crippen LogP contribution in [0.1, 0.15) is 47.0 Å². The average Bonchev–Trinajstić information content (AvgIpc) is 2.08. The Morgan fingerprint density at radius 3 is 1.84 bits per heavy atom. The summed E-state index contributed by atoms with van der Waals surface area (Å²) in [5, 5.41) is 11.7. The maximum Gasteiger partial charge on any atom is 0.401 e. The molecule has 0 aliphatic heterocycles. The molecule has 6 heteroatoms. The number of aliphatic carboxylic acids is 1. The van der Waals surface area contributed by atoms with Gasteiger partial charge in [0.15, 0.2) is 0 Å². The molecule has 0 spiro atoms. The molecule has 0 heterocycles. The lowest BCUT2D eigenvalue weighted by molar-refractivity contribution is -0.158. The van der Waals surface area contributed by atoms with Crippen LogP contribution in [0.3, 0.4) is 0 Å². The summed E-state index contributed by atoms with van der Waals surface area (Å²) >= 11 is 0. The van der Waals surface area contributed by atoms with Gasteiger partial charge in [-0.1, -0.05) is 27.7 Å². The third kappa shape index (κ3) is 4.37. The van der Waals surface area contributed by atoms with E-state index < -0.39 is 24.2 Å². The third-order valence-electron chi connectivity index (χ3n) is 3.55. The third-order valence-corrected chi connectivity index (χ3v) is 3.55. The molecule has 2 N–H and O–H groups in total. The van der Waals surface area contributed by atoms with Crippen LogP contribution in [0, 0.1) is 10.8 Å². The van der Waals surface area contributed by atoms with Gasteiger partial charge in [0.25, 0.3) is 0 Å². The molecule has 1 aliphatic rings. The fourth-order valence-corrected chi connectivity index (χ4v) is 3.74. The number of hydrogen-bond donors (Lipinski definition) is 2. The molecule has 1 rings (SSSR count). The summed E-state index contributed by atoms with van der Waals surface area (Å²) in [7, 11) is 0. The molecule has 0 radical (unpaired) electrons. The summed E-state index contributed by atoms with van der Waals surface area (Å²) in [4.78, 5) is 11.5. The lowest BCUT2D eigenvalue weighted by atomic mass is 9.58. The van der Waals surface area contributed by atoms with E-state index in [-0.39, 0.29) is 23.7 Å². The van der Waals surface area contributed by atoms with Crippen molar-refractivity contribution in [2.24, 2.45) is 10.8 Å². The van der Waals surface area contributed by atoms with Crippen LogP contribution in [-0.4, -0.2) is 29.3 Å². The SMILES string of the molecule is CC1(C)CC(C)(C)CC(NCC(F)(F)F)(C(=O)O)C1. The van der Waals surface area contributed by atoms with Crippen molar-refractivity contribution in [2.45, 2.75) is 58.7 Å². The second-order valence-electron chi connectivity index (χ2n) is 7.21. The second-order valence-corrected chi connectivity index (χ2v) is 7.21. The Hall–Kier alpha value is -0.780. The Balaban J connectivity index is 3.01. The predicted molar refractivity (Wildman–Crippen MR) is 65.8 cm³/mol. The summed E-state index contributed by atoms with van der Waals surface area (Å²) in [6, 6.07) is 0. The molecule has 1 aliphatic carbocycles. The average molecular weight is 281 g/mol. The first kappa shape index (κ1) is 16.3. The van der Waals surface area contributed by atoms with E-state index in [1.807, 2.05) is 27.7 Å². The zero-order chi connectivity index (χ0) is 15.1. The van der Waals surface area contributed by atoms with Gasteiger partial charge in [-0.25, -0.2) is 0 Å². The first-order valence-corrected chi connectivity index (χ1v) is 6.32. The summed E-state index contributed by atoms with van der Waals surface area (Å²) in [6.45, 7) is 6.34. The van der Waals surface area contributed by atoms with E-state index in [9.17, 15) is 23.1 Å². The van der Waals surface area contributed by atoms with Gasteiger partial charge in [-0.3, -0.25) is 10.1 Å². The smallest absolute Gasteiger partial charge is 0.401 e. The molecular formula is C13H22F3NO2. The number of alkyl halides is 3. The van der Waals surface area contributed by atoms with Gasteiger partial charge >= 0.3 is 12.1 Å². The van der Waals surface area contributed by atoms with Crippen molar-refractivity contribution in [1.29, 1.82) is 0 Å². The molecule has 19 heavy (non-hydrogen) atoms. The van der Waals surface area contributed by atoms with Crippen molar-refractivity contribution < 1.29 is 23.1 Å². The summed E-state index contributed by atoms with van der Waals surface area (Å²) in [5.74, 6) is -1.20. The Kier molecular flexibility index (Phi) is 3.98. The van der Waals surface area contributed by atoms with Gasteiger partial charge in [0.05, 0.1) is 6.54 Å². The van der Waals surface area contributed by atoms with Crippen LogP contribution in [-0.2, 0) is 4.79 Å². The van der Waals surface area contributed by atoms with Crippen molar-refractivity contribution in [3.8, 4) is 0 Å². The van der Waals surface area contributed by atoms with Crippen LogP contribution in [0.2, 0.25) is 0 Å². The molecule has 112 valence electrons. The molecule has 0 aromatic heterocycles. The summed E-state index contributed by atoms with van der Waals surface area (Å²) in [6.07, 6.45) is -3.21. The minimum Gasteiger partial charge on any atom is -0.480 e.